The van der Waals surface area contributed by atoms with Gasteiger partial charge in [0.2, 0.25) is 5.79 Å². The fourth-order valence-electron chi connectivity index (χ4n) is 1.44. The maximum atomic E-state index is 5.52. The highest BCUT2D eigenvalue weighted by Gasteiger charge is 2.35. The zero-order valence-electron chi connectivity index (χ0n) is 7.62. The van der Waals surface area contributed by atoms with Crippen LogP contribution >= 0.6 is 0 Å². The highest BCUT2D eigenvalue weighted by Crippen LogP contribution is 2.34. The third-order valence-corrected chi connectivity index (χ3v) is 2.15. The number of ether oxygens (including phenoxy) is 2. The standard InChI is InChI=1S/C11H12O2/c1-9-8-12-11(2,13-9)10-6-4-3-5-7-10/h3-7H,1,8H2,2H3. The number of hydrogen-bond acceptors (Lipinski definition) is 2. The lowest BCUT2D eigenvalue weighted by Gasteiger charge is -2.22. The van der Waals surface area contributed by atoms with Gasteiger partial charge < -0.3 is 9.47 Å². The Morgan fingerprint density at radius 1 is 1.31 bits per heavy atom. The molecule has 0 bridgehead atoms. The normalized spacial score (nSPS) is 27.3. The van der Waals surface area contributed by atoms with Gasteiger partial charge in [-0.25, -0.2) is 0 Å². The highest BCUT2D eigenvalue weighted by atomic mass is 16.7. The van der Waals surface area contributed by atoms with Gasteiger partial charge in [-0.2, -0.15) is 0 Å². The third kappa shape index (κ3) is 1.45. The largest absolute Gasteiger partial charge is 0.461 e. The van der Waals surface area contributed by atoms with E-state index in [9.17, 15) is 0 Å². The molecule has 0 radical (unpaired) electrons. The van der Waals surface area contributed by atoms with E-state index in [1.54, 1.807) is 0 Å². The summed E-state index contributed by atoms with van der Waals surface area (Å²) >= 11 is 0. The highest BCUT2D eigenvalue weighted by molar-refractivity contribution is 5.21. The Kier molecular flexibility index (Phi) is 1.85. The Bertz CT molecular complexity index is 318. The van der Waals surface area contributed by atoms with E-state index in [4.69, 9.17) is 9.47 Å². The van der Waals surface area contributed by atoms with E-state index in [-0.39, 0.29) is 0 Å². The van der Waals surface area contributed by atoms with Crippen molar-refractivity contribution >= 4 is 0 Å². The second-order valence-corrected chi connectivity index (χ2v) is 3.24. The van der Waals surface area contributed by atoms with Crippen LogP contribution < -0.4 is 0 Å². The molecule has 0 spiro atoms. The molecule has 1 fully saturated rings. The lowest BCUT2D eigenvalue weighted by atomic mass is 10.1. The molecule has 1 aliphatic heterocycles. The molecule has 13 heavy (non-hydrogen) atoms. The summed E-state index contributed by atoms with van der Waals surface area (Å²) in [6, 6.07) is 9.87. The summed E-state index contributed by atoms with van der Waals surface area (Å²) in [5.74, 6) is 0.0459. The van der Waals surface area contributed by atoms with Crippen LogP contribution in [0.5, 0.6) is 0 Å². The van der Waals surface area contributed by atoms with Gasteiger partial charge in [-0.1, -0.05) is 36.9 Å². The summed E-state index contributed by atoms with van der Waals surface area (Å²) < 4.78 is 11.0. The molecule has 1 unspecified atom stereocenters. The zero-order valence-corrected chi connectivity index (χ0v) is 7.62. The molecule has 1 aromatic carbocycles. The van der Waals surface area contributed by atoms with Crippen molar-refractivity contribution in [1.29, 1.82) is 0 Å². The average molecular weight is 176 g/mol. The fourth-order valence-corrected chi connectivity index (χ4v) is 1.44. The predicted molar refractivity (Wildman–Crippen MR) is 50.0 cm³/mol. The van der Waals surface area contributed by atoms with Gasteiger partial charge in [-0.3, -0.25) is 0 Å². The van der Waals surface area contributed by atoms with Crippen LogP contribution in [0.4, 0.5) is 0 Å². The van der Waals surface area contributed by atoms with Crippen molar-refractivity contribution in [2.75, 3.05) is 6.61 Å². The van der Waals surface area contributed by atoms with Crippen LogP contribution in [0.3, 0.4) is 0 Å². The quantitative estimate of drug-likeness (QED) is 0.654. The minimum Gasteiger partial charge on any atom is -0.461 e. The van der Waals surface area contributed by atoms with E-state index in [2.05, 4.69) is 6.58 Å². The van der Waals surface area contributed by atoms with Crippen molar-refractivity contribution in [3.63, 3.8) is 0 Å². The first-order chi connectivity index (χ1) is 6.21. The van der Waals surface area contributed by atoms with Gasteiger partial charge in [0.25, 0.3) is 0 Å². The maximum Gasteiger partial charge on any atom is 0.234 e. The lowest BCUT2D eigenvalue weighted by Crippen LogP contribution is -2.21. The fraction of sp³-hybridized carbons (Fsp3) is 0.273. The molecular formula is C11H12O2. The van der Waals surface area contributed by atoms with E-state index in [1.807, 2.05) is 37.3 Å². The van der Waals surface area contributed by atoms with E-state index in [0.717, 1.165) is 5.56 Å². The molecule has 0 amide bonds. The lowest BCUT2D eigenvalue weighted by molar-refractivity contribution is -0.140. The van der Waals surface area contributed by atoms with E-state index < -0.39 is 5.79 Å². The molecule has 1 saturated heterocycles. The third-order valence-electron chi connectivity index (χ3n) is 2.15. The molecule has 0 saturated carbocycles. The van der Waals surface area contributed by atoms with Gasteiger partial charge in [0, 0.05) is 12.5 Å². The molecule has 0 N–H and O–H groups in total. The monoisotopic (exact) mass is 176 g/mol. The number of benzene rings is 1. The van der Waals surface area contributed by atoms with Crippen LogP contribution in [0.2, 0.25) is 0 Å². The molecule has 1 aliphatic rings. The summed E-state index contributed by atoms with van der Waals surface area (Å²) in [6.45, 7) is 6.11. The summed E-state index contributed by atoms with van der Waals surface area (Å²) in [6.07, 6.45) is 0. The molecule has 1 aromatic rings. The molecule has 68 valence electrons. The van der Waals surface area contributed by atoms with Crippen LogP contribution in [0.1, 0.15) is 12.5 Å². The number of hydrogen-bond donors (Lipinski definition) is 0. The predicted octanol–water partition coefficient (Wildman–Crippen LogP) is 2.42. The summed E-state index contributed by atoms with van der Waals surface area (Å²) in [7, 11) is 0. The topological polar surface area (TPSA) is 18.5 Å². The minimum absolute atomic E-state index is 0.478. The first-order valence-corrected chi connectivity index (χ1v) is 4.27. The smallest absolute Gasteiger partial charge is 0.234 e. The van der Waals surface area contributed by atoms with Gasteiger partial charge in [-0.15, -0.1) is 0 Å². The molecule has 0 aromatic heterocycles. The Balaban J connectivity index is 2.31. The van der Waals surface area contributed by atoms with Crippen molar-refractivity contribution in [2.45, 2.75) is 12.7 Å². The Morgan fingerprint density at radius 2 is 2.00 bits per heavy atom. The molecule has 0 aliphatic carbocycles. The summed E-state index contributed by atoms with van der Waals surface area (Å²) in [5, 5.41) is 0. The Hall–Kier alpha value is -1.28. The second-order valence-electron chi connectivity index (χ2n) is 3.24. The van der Waals surface area contributed by atoms with Crippen LogP contribution in [-0.4, -0.2) is 6.61 Å². The van der Waals surface area contributed by atoms with E-state index >= 15 is 0 Å². The van der Waals surface area contributed by atoms with Gasteiger partial charge in [0.1, 0.15) is 12.4 Å². The first kappa shape index (κ1) is 8.32. The average Bonchev–Trinajstić information content (AvgIpc) is 2.49. The maximum absolute atomic E-state index is 5.52. The Morgan fingerprint density at radius 3 is 2.54 bits per heavy atom. The second kappa shape index (κ2) is 2.89. The van der Waals surface area contributed by atoms with Gasteiger partial charge in [0.15, 0.2) is 0 Å². The van der Waals surface area contributed by atoms with E-state index in [1.165, 1.54) is 0 Å². The van der Waals surface area contributed by atoms with Crippen molar-refractivity contribution in [2.24, 2.45) is 0 Å². The molecular weight excluding hydrogens is 164 g/mol. The van der Waals surface area contributed by atoms with Crippen LogP contribution in [0, 0.1) is 0 Å². The van der Waals surface area contributed by atoms with Gasteiger partial charge in [-0.05, 0) is 0 Å². The first-order valence-electron chi connectivity index (χ1n) is 4.27. The minimum atomic E-state index is -0.641. The SMILES string of the molecule is C=C1COC(C)(c2ccccc2)O1. The molecule has 1 heterocycles. The van der Waals surface area contributed by atoms with Gasteiger partial charge in [0.05, 0.1) is 0 Å². The van der Waals surface area contributed by atoms with Crippen molar-refractivity contribution < 1.29 is 9.47 Å². The van der Waals surface area contributed by atoms with Crippen molar-refractivity contribution in [3.8, 4) is 0 Å². The van der Waals surface area contributed by atoms with Crippen LogP contribution in [0.15, 0.2) is 42.7 Å². The Labute approximate surface area is 77.8 Å². The zero-order chi connectivity index (χ0) is 9.31. The molecule has 1 atom stereocenters. The molecule has 2 heteroatoms. The summed E-state index contributed by atoms with van der Waals surface area (Å²) in [5.41, 5.74) is 1.02. The van der Waals surface area contributed by atoms with E-state index in [0.29, 0.717) is 12.4 Å². The van der Waals surface area contributed by atoms with Crippen molar-refractivity contribution in [1.82, 2.24) is 0 Å². The summed E-state index contributed by atoms with van der Waals surface area (Å²) in [4.78, 5) is 0. The van der Waals surface area contributed by atoms with Gasteiger partial charge >= 0.3 is 0 Å². The van der Waals surface area contributed by atoms with Crippen LogP contribution in [0.25, 0.3) is 0 Å². The molecule has 2 rings (SSSR count). The van der Waals surface area contributed by atoms with Crippen LogP contribution in [-0.2, 0) is 15.3 Å². The number of rotatable bonds is 1. The molecule has 2 nitrogen and oxygen atoms in total. The van der Waals surface area contributed by atoms with Crippen molar-refractivity contribution in [3.05, 3.63) is 48.2 Å².